The van der Waals surface area contributed by atoms with E-state index in [0.717, 1.165) is 7.11 Å². The third-order valence-corrected chi connectivity index (χ3v) is 4.97. The minimum atomic E-state index is -1.91. The number of anilines is 1. The number of hydrogen-bond acceptors (Lipinski definition) is 6. The molecular weight excluding hydrogens is 476 g/mol. The number of nitrogens with zero attached hydrogens (tertiary/aromatic N) is 2. The summed E-state index contributed by atoms with van der Waals surface area (Å²) in [5.74, 6) is -9.93. The number of fused-ring (bicyclic) bond motifs is 1. The molecule has 2 N–H and O–H groups in total. The van der Waals surface area contributed by atoms with E-state index in [-0.39, 0.29) is 5.11 Å². The molecule has 34 heavy (non-hydrogen) atoms. The number of carbonyl (C=O) groups excluding carboxylic acids is 1. The van der Waals surface area contributed by atoms with Crippen molar-refractivity contribution in [2.24, 2.45) is 0 Å². The summed E-state index contributed by atoms with van der Waals surface area (Å²) >= 11 is 5.00. The van der Waals surface area contributed by atoms with Gasteiger partial charge in [-0.25, -0.2) is 13.8 Å². The SMILES string of the molecule is COc1c(F)c(F)c(C(=O)NC(=S)Nc2ccc(-c3nc4ncccc4o3)cc2C)c(F)c1F. The van der Waals surface area contributed by atoms with Crippen LogP contribution < -0.4 is 15.4 Å². The van der Waals surface area contributed by atoms with Gasteiger partial charge in [0.25, 0.3) is 5.91 Å². The van der Waals surface area contributed by atoms with Gasteiger partial charge in [-0.1, -0.05) is 0 Å². The molecule has 0 unspecified atom stereocenters. The number of hydrogen-bond donors (Lipinski definition) is 2. The van der Waals surface area contributed by atoms with E-state index in [4.69, 9.17) is 16.6 Å². The Labute approximate surface area is 194 Å². The van der Waals surface area contributed by atoms with Crippen molar-refractivity contribution in [1.29, 1.82) is 0 Å². The van der Waals surface area contributed by atoms with E-state index in [1.165, 1.54) is 0 Å². The highest BCUT2D eigenvalue weighted by molar-refractivity contribution is 7.80. The van der Waals surface area contributed by atoms with Crippen LogP contribution in [0.3, 0.4) is 0 Å². The normalized spacial score (nSPS) is 10.9. The van der Waals surface area contributed by atoms with Crippen LogP contribution in [0.4, 0.5) is 23.2 Å². The quantitative estimate of drug-likeness (QED) is 0.239. The molecule has 2 aromatic carbocycles. The maximum absolute atomic E-state index is 14.2. The van der Waals surface area contributed by atoms with Crippen LogP contribution in [-0.2, 0) is 0 Å². The average molecular weight is 490 g/mol. The zero-order chi connectivity index (χ0) is 24.6. The van der Waals surface area contributed by atoms with E-state index in [1.54, 1.807) is 43.5 Å². The number of nitrogens with one attached hydrogen (secondary N) is 2. The molecule has 2 heterocycles. The first kappa shape index (κ1) is 23.1. The predicted molar refractivity (Wildman–Crippen MR) is 118 cm³/mol. The standard InChI is InChI=1S/C22H14F4N4O3S/c1-9-8-10(21-29-19-12(33-21)4-3-7-27-19)5-6-11(9)28-22(34)30-20(31)13-14(23)16(25)18(32-2)17(26)15(13)24/h3-8H,1-2H3,(H2,28,30,31,34). The van der Waals surface area contributed by atoms with E-state index in [2.05, 4.69) is 20.0 Å². The lowest BCUT2D eigenvalue weighted by molar-refractivity contribution is 0.0966. The number of ether oxygens (including phenoxy) is 1. The smallest absolute Gasteiger partial charge is 0.263 e. The first-order valence-electron chi connectivity index (χ1n) is 9.56. The minimum Gasteiger partial charge on any atom is -0.491 e. The molecule has 7 nitrogen and oxygen atoms in total. The van der Waals surface area contributed by atoms with Crippen LogP contribution in [0.25, 0.3) is 22.7 Å². The molecule has 0 aliphatic heterocycles. The van der Waals surface area contributed by atoms with Crippen LogP contribution in [0.1, 0.15) is 15.9 Å². The zero-order valence-electron chi connectivity index (χ0n) is 17.5. The number of oxazole rings is 1. The average Bonchev–Trinajstić information content (AvgIpc) is 3.24. The number of benzene rings is 2. The maximum Gasteiger partial charge on any atom is 0.263 e. The predicted octanol–water partition coefficient (Wildman–Crippen LogP) is 4.89. The molecule has 0 fully saturated rings. The van der Waals surface area contributed by atoms with Crippen molar-refractivity contribution in [3.63, 3.8) is 0 Å². The molecule has 1 amide bonds. The number of rotatable bonds is 4. The van der Waals surface area contributed by atoms with Crippen molar-refractivity contribution in [3.05, 3.63) is 70.9 Å². The van der Waals surface area contributed by atoms with Crippen molar-refractivity contribution in [3.8, 4) is 17.2 Å². The fourth-order valence-electron chi connectivity index (χ4n) is 3.14. The van der Waals surface area contributed by atoms with E-state index in [9.17, 15) is 22.4 Å². The molecule has 0 spiro atoms. The van der Waals surface area contributed by atoms with E-state index in [1.807, 2.05) is 5.32 Å². The second-order valence-electron chi connectivity index (χ2n) is 6.95. The summed E-state index contributed by atoms with van der Waals surface area (Å²) in [7, 11) is 0.827. The first-order valence-corrected chi connectivity index (χ1v) is 9.97. The minimum absolute atomic E-state index is 0.341. The van der Waals surface area contributed by atoms with Gasteiger partial charge in [0, 0.05) is 17.4 Å². The Morgan fingerprint density at radius 2 is 1.79 bits per heavy atom. The summed E-state index contributed by atoms with van der Waals surface area (Å²) in [6.45, 7) is 1.73. The molecule has 174 valence electrons. The van der Waals surface area contributed by atoms with Gasteiger partial charge >= 0.3 is 0 Å². The number of pyridine rings is 1. The molecule has 0 saturated heterocycles. The number of amides is 1. The summed E-state index contributed by atoms with van der Waals surface area (Å²) in [5.41, 5.74) is 1.24. The van der Waals surface area contributed by atoms with Crippen LogP contribution in [0.5, 0.6) is 5.75 Å². The summed E-state index contributed by atoms with van der Waals surface area (Å²) in [6, 6.07) is 8.45. The van der Waals surface area contributed by atoms with Crippen LogP contribution in [0.2, 0.25) is 0 Å². The number of carbonyl (C=O) groups is 1. The fourth-order valence-corrected chi connectivity index (χ4v) is 3.34. The highest BCUT2D eigenvalue weighted by Crippen LogP contribution is 2.30. The summed E-state index contributed by atoms with van der Waals surface area (Å²) in [4.78, 5) is 20.7. The summed E-state index contributed by atoms with van der Waals surface area (Å²) in [6.07, 6.45) is 1.59. The van der Waals surface area contributed by atoms with Crippen molar-refractivity contribution in [2.75, 3.05) is 12.4 Å². The third kappa shape index (κ3) is 4.15. The molecule has 0 bridgehead atoms. The van der Waals surface area contributed by atoms with Gasteiger partial charge in [-0.15, -0.1) is 0 Å². The molecule has 12 heteroatoms. The molecule has 0 aliphatic carbocycles. The topological polar surface area (TPSA) is 89.3 Å². The third-order valence-electron chi connectivity index (χ3n) is 4.77. The molecule has 0 saturated carbocycles. The van der Waals surface area contributed by atoms with Crippen molar-refractivity contribution < 1.29 is 31.5 Å². The van der Waals surface area contributed by atoms with Gasteiger partial charge < -0.3 is 14.5 Å². The molecule has 4 aromatic rings. The Balaban J connectivity index is 1.52. The van der Waals surface area contributed by atoms with Gasteiger partial charge in [-0.05, 0) is 55.0 Å². The number of aryl methyl sites for hydroxylation is 1. The molecule has 4 rings (SSSR count). The molecule has 0 atom stereocenters. The van der Waals surface area contributed by atoms with Crippen LogP contribution in [-0.4, -0.2) is 28.1 Å². The van der Waals surface area contributed by atoms with Gasteiger partial charge in [0.05, 0.1) is 7.11 Å². The Hall–Kier alpha value is -4.06. The van der Waals surface area contributed by atoms with Gasteiger partial charge in [-0.2, -0.15) is 13.8 Å². The highest BCUT2D eigenvalue weighted by Gasteiger charge is 2.30. The maximum atomic E-state index is 14.2. The molecular formula is C22H14F4N4O3S. The van der Waals surface area contributed by atoms with E-state index < -0.39 is 40.5 Å². The summed E-state index contributed by atoms with van der Waals surface area (Å²) in [5, 5.41) is 4.32. The molecule has 2 aromatic heterocycles. The zero-order valence-corrected chi connectivity index (χ0v) is 18.3. The largest absolute Gasteiger partial charge is 0.491 e. The lowest BCUT2D eigenvalue weighted by Gasteiger charge is -2.14. The van der Waals surface area contributed by atoms with Crippen LogP contribution in [0.15, 0.2) is 40.9 Å². The Bertz CT molecular complexity index is 1400. The second kappa shape index (κ2) is 9.06. The van der Waals surface area contributed by atoms with Gasteiger partial charge in [0.1, 0.15) is 5.56 Å². The molecule has 0 radical (unpaired) electrons. The number of methoxy groups -OCH3 is 1. The van der Waals surface area contributed by atoms with E-state index >= 15 is 0 Å². The van der Waals surface area contributed by atoms with Crippen molar-refractivity contribution >= 4 is 40.2 Å². The Morgan fingerprint density at radius 1 is 1.09 bits per heavy atom. The van der Waals surface area contributed by atoms with Crippen LogP contribution >= 0.6 is 12.2 Å². The lowest BCUT2D eigenvalue weighted by atomic mass is 10.1. The number of halogens is 4. The van der Waals surface area contributed by atoms with Crippen molar-refractivity contribution in [1.82, 2.24) is 15.3 Å². The second-order valence-corrected chi connectivity index (χ2v) is 7.35. The van der Waals surface area contributed by atoms with Crippen molar-refractivity contribution in [2.45, 2.75) is 6.92 Å². The van der Waals surface area contributed by atoms with Crippen LogP contribution in [0, 0.1) is 30.2 Å². The first-order chi connectivity index (χ1) is 16.2. The Kier molecular flexibility index (Phi) is 6.16. The number of thiocarbonyl (C=S) groups is 1. The van der Waals surface area contributed by atoms with E-state index in [0.29, 0.717) is 33.9 Å². The molecule has 0 aliphatic rings. The van der Waals surface area contributed by atoms with Gasteiger partial charge in [-0.3, -0.25) is 10.1 Å². The summed E-state index contributed by atoms with van der Waals surface area (Å²) < 4.78 is 66.1. The monoisotopic (exact) mass is 490 g/mol. The lowest BCUT2D eigenvalue weighted by Crippen LogP contribution is -2.35. The number of aromatic nitrogens is 2. The Morgan fingerprint density at radius 3 is 2.41 bits per heavy atom. The van der Waals surface area contributed by atoms with Gasteiger partial charge in [0.2, 0.25) is 17.5 Å². The fraction of sp³-hybridized carbons (Fsp3) is 0.0909. The highest BCUT2D eigenvalue weighted by atomic mass is 32.1. The van der Waals surface area contributed by atoms with Gasteiger partial charge in [0.15, 0.2) is 33.7 Å².